The summed E-state index contributed by atoms with van der Waals surface area (Å²) in [5, 5.41) is 0. The largest absolute Gasteiger partial charge is 0.334 e. The summed E-state index contributed by atoms with van der Waals surface area (Å²) in [5.41, 5.74) is 4.30. The van der Waals surface area contributed by atoms with Crippen molar-refractivity contribution in [1.29, 1.82) is 0 Å². The number of imidazole rings is 2. The predicted molar refractivity (Wildman–Crippen MR) is 74.9 cm³/mol. The molecule has 0 radical (unpaired) electrons. The fourth-order valence-electron chi connectivity index (χ4n) is 2.43. The van der Waals surface area contributed by atoms with Gasteiger partial charge in [-0.2, -0.15) is 0 Å². The van der Waals surface area contributed by atoms with Crippen LogP contribution in [0, 0.1) is 0 Å². The molecule has 0 saturated heterocycles. The van der Waals surface area contributed by atoms with Crippen molar-refractivity contribution >= 4 is 16.6 Å². The zero-order valence-corrected chi connectivity index (χ0v) is 10.5. The molecule has 0 spiro atoms. The van der Waals surface area contributed by atoms with E-state index in [1.165, 1.54) is 0 Å². The SMILES string of the molecule is Cn1cnc2cc(-c3ncc4ccccn34)ccc21. The lowest BCUT2D eigenvalue weighted by Gasteiger charge is -2.02. The third-order valence-electron chi connectivity index (χ3n) is 3.42. The average Bonchev–Trinajstić information content (AvgIpc) is 3.03. The highest BCUT2D eigenvalue weighted by molar-refractivity contribution is 5.81. The topological polar surface area (TPSA) is 35.1 Å². The molecule has 4 nitrogen and oxygen atoms in total. The molecular formula is C15H12N4. The molecule has 0 aliphatic heterocycles. The van der Waals surface area contributed by atoms with E-state index in [1.807, 2.05) is 42.5 Å². The Morgan fingerprint density at radius 1 is 1.05 bits per heavy atom. The van der Waals surface area contributed by atoms with E-state index in [-0.39, 0.29) is 0 Å². The summed E-state index contributed by atoms with van der Waals surface area (Å²) < 4.78 is 4.10. The van der Waals surface area contributed by atoms with Gasteiger partial charge in [-0.1, -0.05) is 6.07 Å². The van der Waals surface area contributed by atoms with E-state index in [0.29, 0.717) is 0 Å². The minimum absolute atomic E-state index is 0.947. The first-order chi connectivity index (χ1) is 9.33. The van der Waals surface area contributed by atoms with E-state index in [9.17, 15) is 0 Å². The number of nitrogens with zero attached hydrogens (tertiary/aromatic N) is 4. The highest BCUT2D eigenvalue weighted by Gasteiger charge is 2.08. The molecule has 0 atom stereocenters. The highest BCUT2D eigenvalue weighted by atomic mass is 15.0. The summed E-state index contributed by atoms with van der Waals surface area (Å²) in [6, 6.07) is 12.3. The maximum atomic E-state index is 4.51. The number of benzene rings is 1. The molecule has 92 valence electrons. The lowest BCUT2D eigenvalue weighted by Crippen LogP contribution is -1.89. The van der Waals surface area contributed by atoms with Crippen LogP contribution < -0.4 is 0 Å². The minimum atomic E-state index is 0.947. The normalized spacial score (nSPS) is 11.4. The molecule has 4 heteroatoms. The van der Waals surface area contributed by atoms with Crippen molar-refractivity contribution in [3.8, 4) is 11.4 Å². The molecule has 4 aromatic rings. The fraction of sp³-hybridized carbons (Fsp3) is 0.0667. The second-order valence-electron chi connectivity index (χ2n) is 4.64. The molecular weight excluding hydrogens is 236 g/mol. The summed E-state index contributed by atoms with van der Waals surface area (Å²) in [5.74, 6) is 0.947. The molecule has 0 bridgehead atoms. The van der Waals surface area contributed by atoms with E-state index < -0.39 is 0 Å². The van der Waals surface area contributed by atoms with Crippen molar-refractivity contribution < 1.29 is 0 Å². The first-order valence-electron chi connectivity index (χ1n) is 6.16. The quantitative estimate of drug-likeness (QED) is 0.519. The van der Waals surface area contributed by atoms with Crippen molar-refractivity contribution in [2.45, 2.75) is 0 Å². The first-order valence-corrected chi connectivity index (χ1v) is 6.16. The zero-order chi connectivity index (χ0) is 12.8. The number of fused-ring (bicyclic) bond motifs is 2. The van der Waals surface area contributed by atoms with Gasteiger partial charge in [0, 0.05) is 18.8 Å². The summed E-state index contributed by atoms with van der Waals surface area (Å²) in [6.45, 7) is 0. The minimum Gasteiger partial charge on any atom is -0.334 e. The number of pyridine rings is 1. The van der Waals surface area contributed by atoms with Crippen LogP contribution in [0.15, 0.2) is 55.1 Å². The van der Waals surface area contributed by atoms with Gasteiger partial charge in [-0.3, -0.25) is 4.40 Å². The van der Waals surface area contributed by atoms with Crippen molar-refractivity contribution in [3.63, 3.8) is 0 Å². The number of aryl methyl sites for hydroxylation is 1. The summed E-state index contributed by atoms with van der Waals surface area (Å²) in [4.78, 5) is 8.90. The smallest absolute Gasteiger partial charge is 0.144 e. The van der Waals surface area contributed by atoms with Gasteiger partial charge in [0.15, 0.2) is 0 Å². The van der Waals surface area contributed by atoms with Crippen LogP contribution in [-0.2, 0) is 7.05 Å². The summed E-state index contributed by atoms with van der Waals surface area (Å²) in [7, 11) is 2.00. The highest BCUT2D eigenvalue weighted by Crippen LogP contribution is 2.23. The standard InChI is InChI=1S/C15H12N4/c1-18-10-17-13-8-11(5-6-14(13)18)15-16-9-12-4-2-3-7-19(12)15/h2-10H,1H3. The maximum absolute atomic E-state index is 4.51. The molecule has 0 N–H and O–H groups in total. The van der Waals surface area contributed by atoms with Gasteiger partial charge in [0.05, 0.1) is 29.1 Å². The van der Waals surface area contributed by atoms with Gasteiger partial charge < -0.3 is 4.57 Å². The Hall–Kier alpha value is -2.62. The molecule has 3 aromatic heterocycles. The Morgan fingerprint density at radius 3 is 2.95 bits per heavy atom. The van der Waals surface area contributed by atoms with Crippen LogP contribution >= 0.6 is 0 Å². The van der Waals surface area contributed by atoms with Crippen LogP contribution in [0.25, 0.3) is 27.9 Å². The van der Waals surface area contributed by atoms with E-state index in [1.54, 1.807) is 0 Å². The van der Waals surface area contributed by atoms with Crippen molar-refractivity contribution in [2.75, 3.05) is 0 Å². The molecule has 0 fully saturated rings. The Kier molecular flexibility index (Phi) is 2.00. The van der Waals surface area contributed by atoms with Gasteiger partial charge in [0.2, 0.25) is 0 Å². The van der Waals surface area contributed by atoms with Crippen LogP contribution in [0.4, 0.5) is 0 Å². The van der Waals surface area contributed by atoms with Crippen LogP contribution in [0.3, 0.4) is 0 Å². The van der Waals surface area contributed by atoms with Crippen LogP contribution in [0.1, 0.15) is 0 Å². The molecule has 0 aliphatic rings. The second-order valence-corrected chi connectivity index (χ2v) is 4.64. The van der Waals surface area contributed by atoms with E-state index >= 15 is 0 Å². The molecule has 1 aromatic carbocycles. The Balaban J connectivity index is 1.98. The van der Waals surface area contributed by atoms with Gasteiger partial charge >= 0.3 is 0 Å². The molecule has 0 unspecified atom stereocenters. The molecule has 3 heterocycles. The van der Waals surface area contributed by atoms with Crippen molar-refractivity contribution in [2.24, 2.45) is 7.05 Å². The molecule has 0 saturated carbocycles. The van der Waals surface area contributed by atoms with Gasteiger partial charge in [0.25, 0.3) is 0 Å². The van der Waals surface area contributed by atoms with E-state index in [4.69, 9.17) is 0 Å². The second kappa shape index (κ2) is 3.68. The summed E-state index contributed by atoms with van der Waals surface area (Å²) >= 11 is 0. The average molecular weight is 248 g/mol. The predicted octanol–water partition coefficient (Wildman–Crippen LogP) is 2.89. The Bertz CT molecular complexity index is 885. The molecule has 4 rings (SSSR count). The Labute approximate surface area is 110 Å². The third-order valence-corrected chi connectivity index (χ3v) is 3.42. The maximum Gasteiger partial charge on any atom is 0.144 e. The Morgan fingerprint density at radius 2 is 2.00 bits per heavy atom. The molecule has 19 heavy (non-hydrogen) atoms. The fourth-order valence-corrected chi connectivity index (χ4v) is 2.43. The molecule has 0 aliphatic carbocycles. The number of rotatable bonds is 1. The van der Waals surface area contributed by atoms with Gasteiger partial charge in [-0.25, -0.2) is 9.97 Å². The van der Waals surface area contributed by atoms with Crippen LogP contribution in [-0.4, -0.2) is 18.9 Å². The lowest BCUT2D eigenvalue weighted by molar-refractivity contribution is 0.947. The van der Waals surface area contributed by atoms with Crippen LogP contribution in [0.5, 0.6) is 0 Å². The van der Waals surface area contributed by atoms with E-state index in [0.717, 1.165) is 27.9 Å². The van der Waals surface area contributed by atoms with Crippen molar-refractivity contribution in [1.82, 2.24) is 18.9 Å². The summed E-state index contributed by atoms with van der Waals surface area (Å²) in [6.07, 6.45) is 5.75. The van der Waals surface area contributed by atoms with Gasteiger partial charge in [-0.15, -0.1) is 0 Å². The van der Waals surface area contributed by atoms with Crippen molar-refractivity contribution in [3.05, 3.63) is 55.1 Å². The monoisotopic (exact) mass is 248 g/mol. The number of aromatic nitrogens is 4. The first kappa shape index (κ1) is 10.3. The third kappa shape index (κ3) is 1.46. The lowest BCUT2D eigenvalue weighted by atomic mass is 10.2. The zero-order valence-electron chi connectivity index (χ0n) is 10.5. The molecule has 0 amide bonds. The number of hydrogen-bond acceptors (Lipinski definition) is 2. The van der Waals surface area contributed by atoms with Crippen LogP contribution in [0.2, 0.25) is 0 Å². The van der Waals surface area contributed by atoms with Gasteiger partial charge in [0.1, 0.15) is 5.82 Å². The number of hydrogen-bond donors (Lipinski definition) is 0. The van der Waals surface area contributed by atoms with E-state index in [2.05, 4.69) is 38.6 Å². The van der Waals surface area contributed by atoms with Gasteiger partial charge in [-0.05, 0) is 30.3 Å².